The Balaban J connectivity index is 1.47. The molecule has 0 spiro atoms. The Kier molecular flexibility index (Phi) is 9.26. The normalized spacial score (nSPS) is 12.5. The number of ether oxygens (including phenoxy) is 2. The maximum atomic E-state index is 11.9. The largest absolute Gasteiger partial charge is 0.488 e. The molecule has 4 N–H and O–H groups in total. The zero-order valence-electron chi connectivity index (χ0n) is 20.7. The van der Waals surface area contributed by atoms with Gasteiger partial charge in [-0.2, -0.15) is 0 Å². The van der Waals surface area contributed by atoms with Crippen LogP contribution < -0.4 is 20.1 Å². The van der Waals surface area contributed by atoms with Crippen LogP contribution in [0.15, 0.2) is 67.1 Å². The van der Waals surface area contributed by atoms with Crippen molar-refractivity contribution >= 4 is 39.9 Å². The number of carbonyl (C=O) groups is 1. The molecule has 0 aliphatic heterocycles. The number of nitrogens with one attached hydrogen (secondary N) is 2. The number of aromatic nitrogens is 3. The quantitative estimate of drug-likeness (QED) is 0.213. The van der Waals surface area contributed by atoms with Crippen LogP contribution in [-0.4, -0.2) is 56.4 Å². The number of hydrogen-bond donors (Lipinski definition) is 4. The third-order valence-electron chi connectivity index (χ3n) is 5.52. The first-order valence-corrected chi connectivity index (χ1v) is 12.4. The van der Waals surface area contributed by atoms with E-state index < -0.39 is 18.1 Å². The molecule has 10 nitrogen and oxygen atoms in total. The first kappa shape index (κ1) is 27.1. The number of halogens is 1. The molecule has 2 heterocycles. The van der Waals surface area contributed by atoms with E-state index >= 15 is 0 Å². The highest BCUT2D eigenvalue weighted by Gasteiger charge is 2.17. The van der Waals surface area contributed by atoms with Crippen LogP contribution in [0.3, 0.4) is 0 Å². The van der Waals surface area contributed by atoms with Crippen LogP contribution in [-0.2, 0) is 11.4 Å². The third-order valence-corrected chi connectivity index (χ3v) is 5.81. The second-order valence-corrected chi connectivity index (χ2v) is 8.86. The van der Waals surface area contributed by atoms with Gasteiger partial charge in [0.1, 0.15) is 42.5 Å². The van der Waals surface area contributed by atoms with Gasteiger partial charge in [-0.25, -0.2) is 9.97 Å². The monoisotopic (exact) mass is 537 g/mol. The first-order valence-electron chi connectivity index (χ1n) is 12.0. The van der Waals surface area contributed by atoms with Gasteiger partial charge < -0.3 is 30.3 Å². The number of rotatable bonds is 12. The van der Waals surface area contributed by atoms with Gasteiger partial charge in [-0.15, -0.1) is 0 Å². The maximum absolute atomic E-state index is 11.9. The molecule has 1 amide bonds. The molecule has 4 aromatic rings. The molecule has 0 bridgehead atoms. The Hall–Kier alpha value is -3.99. The molecule has 0 aliphatic rings. The van der Waals surface area contributed by atoms with Gasteiger partial charge in [0.25, 0.3) is 0 Å². The molecule has 0 radical (unpaired) electrons. The van der Waals surface area contributed by atoms with E-state index in [1.165, 1.54) is 6.33 Å². The average Bonchev–Trinajstić information content (AvgIpc) is 2.92. The van der Waals surface area contributed by atoms with Gasteiger partial charge in [0.15, 0.2) is 0 Å². The van der Waals surface area contributed by atoms with E-state index in [1.54, 1.807) is 31.3 Å². The number of amides is 1. The summed E-state index contributed by atoms with van der Waals surface area (Å²) in [4.78, 5) is 24.9. The van der Waals surface area contributed by atoms with Crippen LogP contribution in [0.5, 0.6) is 11.5 Å². The Morgan fingerprint density at radius 2 is 1.95 bits per heavy atom. The van der Waals surface area contributed by atoms with Crippen LogP contribution in [0, 0.1) is 0 Å². The van der Waals surface area contributed by atoms with Crippen molar-refractivity contribution in [2.75, 3.05) is 18.5 Å². The molecule has 0 aliphatic carbocycles. The summed E-state index contributed by atoms with van der Waals surface area (Å²) in [6.45, 7) is 1.96. The molecule has 0 saturated heterocycles. The number of anilines is 2. The van der Waals surface area contributed by atoms with Crippen molar-refractivity contribution in [1.82, 2.24) is 20.3 Å². The van der Waals surface area contributed by atoms with Crippen molar-refractivity contribution in [3.63, 3.8) is 0 Å². The van der Waals surface area contributed by atoms with Gasteiger partial charge in [-0.3, -0.25) is 9.78 Å². The molecule has 2 atom stereocenters. The van der Waals surface area contributed by atoms with Gasteiger partial charge >= 0.3 is 0 Å². The molecule has 2 aromatic heterocycles. The Morgan fingerprint density at radius 3 is 2.71 bits per heavy atom. The minimum absolute atomic E-state index is 0.0296. The summed E-state index contributed by atoms with van der Waals surface area (Å²) in [7, 11) is 0. The van der Waals surface area contributed by atoms with Crippen LogP contribution in [0.2, 0.25) is 5.02 Å². The summed E-state index contributed by atoms with van der Waals surface area (Å²) in [6.07, 6.45) is 1.43. The van der Waals surface area contributed by atoms with Gasteiger partial charge in [-0.1, -0.05) is 23.7 Å². The minimum atomic E-state index is -1.27. The number of aliphatic hydroxyl groups is 2. The van der Waals surface area contributed by atoms with E-state index in [2.05, 4.69) is 25.6 Å². The summed E-state index contributed by atoms with van der Waals surface area (Å²) >= 11 is 6.47. The van der Waals surface area contributed by atoms with Gasteiger partial charge in [0.05, 0.1) is 28.2 Å². The maximum Gasteiger partial charge on any atom is 0.249 e. The average molecular weight is 538 g/mol. The van der Waals surface area contributed by atoms with Gasteiger partial charge in [0, 0.05) is 24.9 Å². The van der Waals surface area contributed by atoms with E-state index in [-0.39, 0.29) is 19.6 Å². The van der Waals surface area contributed by atoms with Gasteiger partial charge in [0.2, 0.25) is 5.91 Å². The molecule has 38 heavy (non-hydrogen) atoms. The zero-order chi connectivity index (χ0) is 26.9. The fraction of sp³-hybridized carbons (Fsp3) is 0.259. The van der Waals surface area contributed by atoms with Crippen LogP contribution in [0.4, 0.5) is 11.5 Å². The lowest BCUT2D eigenvalue weighted by molar-refractivity contribution is -0.130. The molecule has 2 aromatic carbocycles. The molecule has 0 fully saturated rings. The van der Waals surface area contributed by atoms with Crippen molar-refractivity contribution in [3.8, 4) is 11.5 Å². The first-order chi connectivity index (χ1) is 18.4. The predicted molar refractivity (Wildman–Crippen MR) is 144 cm³/mol. The van der Waals surface area contributed by atoms with Crippen LogP contribution in [0.1, 0.15) is 19.0 Å². The smallest absolute Gasteiger partial charge is 0.249 e. The highest BCUT2D eigenvalue weighted by molar-refractivity contribution is 6.32. The predicted octanol–water partition coefficient (Wildman–Crippen LogP) is 3.63. The molecule has 11 heteroatoms. The minimum Gasteiger partial charge on any atom is -0.488 e. The molecule has 198 valence electrons. The number of pyridine rings is 1. The number of nitrogens with zero attached hydrogens (tertiary/aromatic N) is 3. The number of carbonyl (C=O) groups excluding carboxylic acids is 1. The van der Waals surface area contributed by atoms with E-state index in [4.69, 9.17) is 26.2 Å². The number of fused-ring (bicyclic) bond motifs is 1. The fourth-order valence-electron chi connectivity index (χ4n) is 3.61. The van der Waals surface area contributed by atoms with E-state index in [9.17, 15) is 9.90 Å². The lowest BCUT2D eigenvalue weighted by Gasteiger charge is -2.19. The Bertz CT molecular complexity index is 1370. The summed E-state index contributed by atoms with van der Waals surface area (Å²) in [5.41, 5.74) is 2.14. The summed E-state index contributed by atoms with van der Waals surface area (Å²) in [5.74, 6) is 0.991. The second-order valence-electron chi connectivity index (χ2n) is 8.45. The fourth-order valence-corrected chi connectivity index (χ4v) is 3.85. The van der Waals surface area contributed by atoms with Crippen molar-refractivity contribution in [2.45, 2.75) is 32.2 Å². The third kappa shape index (κ3) is 7.06. The molecular weight excluding hydrogens is 510 g/mol. The van der Waals surface area contributed by atoms with Crippen molar-refractivity contribution in [2.24, 2.45) is 0 Å². The SMILES string of the molecule is C[C@@H](CNC(=O)C(O)CCO)Oc1cccc2ncnc(Nc3ccc(OCc4ccccn4)c(Cl)c3)c12. The summed E-state index contributed by atoms with van der Waals surface area (Å²) < 4.78 is 11.9. The van der Waals surface area contributed by atoms with E-state index in [0.717, 1.165) is 5.69 Å². The van der Waals surface area contributed by atoms with E-state index in [0.29, 0.717) is 45.5 Å². The van der Waals surface area contributed by atoms with E-state index in [1.807, 2.05) is 36.4 Å². The number of hydrogen-bond acceptors (Lipinski definition) is 9. The second kappa shape index (κ2) is 13.0. The topological polar surface area (TPSA) is 139 Å². The number of benzene rings is 2. The molecular formula is C27H28ClN5O5. The lowest BCUT2D eigenvalue weighted by atomic mass is 10.2. The zero-order valence-corrected chi connectivity index (χ0v) is 21.4. The Labute approximate surface area is 224 Å². The lowest BCUT2D eigenvalue weighted by Crippen LogP contribution is -2.40. The summed E-state index contributed by atoms with van der Waals surface area (Å²) in [6, 6.07) is 16.4. The molecule has 4 rings (SSSR count). The molecule has 0 saturated carbocycles. The van der Waals surface area contributed by atoms with Crippen LogP contribution >= 0.6 is 11.6 Å². The Morgan fingerprint density at radius 1 is 1.08 bits per heavy atom. The van der Waals surface area contributed by atoms with Crippen molar-refractivity contribution in [3.05, 3.63) is 77.8 Å². The highest BCUT2D eigenvalue weighted by atomic mass is 35.5. The summed E-state index contributed by atoms with van der Waals surface area (Å²) in [5, 5.41) is 25.6. The van der Waals surface area contributed by atoms with Crippen LogP contribution in [0.25, 0.3) is 10.9 Å². The number of aliphatic hydroxyl groups excluding tert-OH is 2. The molecule has 1 unspecified atom stereocenters. The van der Waals surface area contributed by atoms with Gasteiger partial charge in [-0.05, 0) is 49.4 Å². The van der Waals surface area contributed by atoms with Crippen molar-refractivity contribution in [1.29, 1.82) is 0 Å². The highest BCUT2D eigenvalue weighted by Crippen LogP contribution is 2.34. The standard InChI is InChI=1S/C27H28ClN5O5/c1-17(14-30-27(36)22(35)10-12-34)38-24-7-4-6-21-25(24)26(32-16-31-21)33-18-8-9-23(20(28)13-18)37-15-19-5-2-3-11-29-19/h2-9,11,13,16-17,22,34-35H,10,12,14-15H2,1H3,(H,30,36)(H,31,32,33)/t17-,22?/m0/s1. The van der Waals surface area contributed by atoms with Crippen molar-refractivity contribution < 1.29 is 24.5 Å².